The van der Waals surface area contributed by atoms with Crippen molar-refractivity contribution in [3.05, 3.63) is 109 Å². The molecule has 0 aromatic heterocycles. The van der Waals surface area contributed by atoms with Crippen molar-refractivity contribution in [2.75, 3.05) is 0 Å². The molecule has 3 aromatic carbocycles. The molecule has 11 heteroatoms. The predicted octanol–water partition coefficient (Wildman–Crippen LogP) is 16.5. The molecule has 4 rings (SSSR count). The first-order valence-corrected chi connectivity index (χ1v) is 50.9. The van der Waals surface area contributed by atoms with Gasteiger partial charge in [0, 0.05) is 32.3 Å². The fourth-order valence-corrected chi connectivity index (χ4v) is 57.9. The summed E-state index contributed by atoms with van der Waals surface area (Å²) in [4.78, 5) is 0. The molecule has 65 heavy (non-hydrogen) atoms. The lowest BCUT2D eigenvalue weighted by Gasteiger charge is -2.45. The van der Waals surface area contributed by atoms with Crippen LogP contribution in [-0.2, 0) is 8.23 Å². The third-order valence-electron chi connectivity index (χ3n) is 13.6. The van der Waals surface area contributed by atoms with Crippen molar-refractivity contribution >= 4 is 93.7 Å². The Kier molecular flexibility index (Phi) is 19.3. The topological polar surface area (TPSA) is 27.7 Å². The normalized spacial score (nSPS) is 18.6. The molecule has 1 fully saturated rings. The Labute approximate surface area is 408 Å². The van der Waals surface area contributed by atoms with E-state index in [0.29, 0.717) is 5.92 Å². The lowest BCUT2D eigenvalue weighted by atomic mass is 9.80. The van der Waals surface area contributed by atoms with Gasteiger partial charge in [-0.3, -0.25) is 0 Å². The highest BCUT2D eigenvalue weighted by Crippen LogP contribution is 2.40. The van der Waals surface area contributed by atoms with Gasteiger partial charge in [0.2, 0.25) is 0 Å². The van der Waals surface area contributed by atoms with Crippen LogP contribution in [-0.4, -0.2) is 71.7 Å². The maximum Gasteiger partial charge on any atom is 0.351 e. The van der Waals surface area contributed by atoms with Crippen molar-refractivity contribution in [2.45, 2.75) is 184 Å². The largest absolute Gasteiger partial charge is 0.490 e. The van der Waals surface area contributed by atoms with E-state index in [9.17, 15) is 0 Å². The zero-order valence-corrected chi connectivity index (χ0v) is 52.6. The van der Waals surface area contributed by atoms with Gasteiger partial charge in [-0.1, -0.05) is 205 Å². The molecule has 2 unspecified atom stereocenters. The predicted molar refractivity (Wildman–Crippen MR) is 315 cm³/mol. The molecule has 0 spiro atoms. The molecule has 2 atom stereocenters. The Morgan fingerprint density at radius 3 is 1.49 bits per heavy atom. The highest BCUT2D eigenvalue weighted by molar-refractivity contribution is 7.09. The molecular weight excluding hydrogens is 921 g/mol. The Bertz CT molecular complexity index is 1990. The number of hydrogen-bond acceptors (Lipinski definition) is 3. The van der Waals surface area contributed by atoms with Gasteiger partial charge in [-0.15, -0.1) is 0 Å². The second-order valence-electron chi connectivity index (χ2n) is 26.1. The van der Waals surface area contributed by atoms with E-state index in [1.807, 2.05) is 12.2 Å². The van der Waals surface area contributed by atoms with E-state index in [4.69, 9.17) is 19.5 Å². The van der Waals surface area contributed by atoms with Crippen molar-refractivity contribution in [1.82, 2.24) is 0 Å². The van der Waals surface area contributed by atoms with E-state index in [0.717, 1.165) is 48.6 Å². The second-order valence-corrected chi connectivity index (χ2v) is 66.2. The molecule has 0 radical (unpaired) electrons. The summed E-state index contributed by atoms with van der Waals surface area (Å²) in [5.74, 6) is 1.48. The summed E-state index contributed by atoms with van der Waals surface area (Å²) in [6.45, 7) is 53.7. The highest BCUT2D eigenvalue weighted by atomic mass is 28.5. The third-order valence-corrected chi connectivity index (χ3v) is 47.3. The van der Waals surface area contributed by atoms with E-state index in [2.05, 4.69) is 191 Å². The van der Waals surface area contributed by atoms with Gasteiger partial charge < -0.3 is 13.0 Å². The molecule has 0 bridgehead atoms. The van der Waals surface area contributed by atoms with Crippen LogP contribution in [0.3, 0.4) is 0 Å². The van der Waals surface area contributed by atoms with Crippen molar-refractivity contribution in [3.8, 4) is 5.75 Å². The second kappa shape index (κ2) is 22.4. The lowest BCUT2D eigenvalue weighted by molar-refractivity contribution is 0.143. The van der Waals surface area contributed by atoms with Crippen molar-refractivity contribution in [3.63, 3.8) is 0 Å². The number of allylic oxidation sites excluding steroid dienone is 1. The number of ether oxygens (including phenoxy) is 1. The van der Waals surface area contributed by atoms with Gasteiger partial charge >= 0.3 is 8.56 Å². The molecule has 3 nitrogen and oxygen atoms in total. The van der Waals surface area contributed by atoms with Crippen molar-refractivity contribution in [2.24, 2.45) is 5.92 Å². The fourth-order valence-electron chi connectivity index (χ4n) is 10.3. The monoisotopic (exact) mass is 1010 g/mol. The smallest absolute Gasteiger partial charge is 0.351 e. The van der Waals surface area contributed by atoms with Gasteiger partial charge in [0.15, 0.2) is 16.6 Å². The minimum Gasteiger partial charge on any atom is -0.490 e. The van der Waals surface area contributed by atoms with Crippen LogP contribution in [0.4, 0.5) is 0 Å². The number of rotatable bonds is 25. The number of benzene rings is 3. The summed E-state index contributed by atoms with van der Waals surface area (Å²) in [6, 6.07) is 35.4. The molecule has 360 valence electrons. The maximum atomic E-state index is 7.88. The van der Waals surface area contributed by atoms with Crippen LogP contribution in [0, 0.1) is 5.92 Å². The average molecular weight is 1020 g/mol. The summed E-state index contributed by atoms with van der Waals surface area (Å²) >= 11 is 0. The fraction of sp³-hybridized carbons (Fsp3) is 0.556. The van der Waals surface area contributed by atoms with Crippen molar-refractivity contribution in [1.29, 1.82) is 0 Å². The molecular formula is C54H94O3Si8. The molecule has 0 N–H and O–H groups in total. The first-order chi connectivity index (χ1) is 29.9. The quantitative estimate of drug-likeness (QED) is 0.0792. The maximum absolute atomic E-state index is 7.88. The first kappa shape index (κ1) is 55.9. The van der Waals surface area contributed by atoms with Gasteiger partial charge in [0.05, 0.1) is 14.2 Å². The van der Waals surface area contributed by atoms with E-state index in [-0.39, 0.29) is 6.10 Å². The van der Waals surface area contributed by atoms with Crippen LogP contribution >= 0.6 is 0 Å². The van der Waals surface area contributed by atoms with Crippen molar-refractivity contribution < 1.29 is 13.0 Å². The molecule has 0 amide bonds. The molecule has 1 aliphatic carbocycles. The zero-order chi connectivity index (χ0) is 48.7. The first-order valence-electron chi connectivity index (χ1n) is 25.2. The third kappa shape index (κ3) is 18.3. The SMILES string of the molecule is C=Cc1ccc(OC2CCC(C(=C)c3ccc([Si](CC[Si](C)(C)C)(C[Si](C)(C)C)C[Si](C)(C)CC[Si](C)(C)O[Si](CC[Si](C)(C)C)(O[Si](C)(C)C)c4ccc(C=C)cc4)cc3)CC2)cc1. The van der Waals surface area contributed by atoms with E-state index >= 15 is 0 Å². The molecule has 1 aliphatic rings. The molecule has 3 aromatic rings. The summed E-state index contributed by atoms with van der Waals surface area (Å²) in [7, 11) is -14.5. The average Bonchev–Trinajstić information content (AvgIpc) is 3.20. The van der Waals surface area contributed by atoms with Crippen LogP contribution < -0.4 is 15.1 Å². The van der Waals surface area contributed by atoms with Gasteiger partial charge in [-0.05, 0) is 116 Å². The summed E-state index contributed by atoms with van der Waals surface area (Å²) < 4.78 is 21.8. The Balaban J connectivity index is 1.61. The van der Waals surface area contributed by atoms with Crippen LogP contribution in [0.1, 0.15) is 42.4 Å². The molecule has 0 aliphatic heterocycles. The summed E-state index contributed by atoms with van der Waals surface area (Å²) in [6.07, 6.45) is 8.54. The highest BCUT2D eigenvalue weighted by Gasteiger charge is 2.49. The van der Waals surface area contributed by atoms with Gasteiger partial charge in [0.25, 0.3) is 0 Å². The minimum atomic E-state index is -2.76. The van der Waals surface area contributed by atoms with Crippen LogP contribution in [0.2, 0.25) is 152 Å². The van der Waals surface area contributed by atoms with Gasteiger partial charge in [-0.2, -0.15) is 0 Å². The van der Waals surface area contributed by atoms with E-state index in [1.165, 1.54) is 57.9 Å². The van der Waals surface area contributed by atoms with Gasteiger partial charge in [0.1, 0.15) is 5.75 Å². The number of hydrogen-bond donors (Lipinski definition) is 0. The summed E-state index contributed by atoms with van der Waals surface area (Å²) in [5.41, 5.74) is 7.93. The Hall–Kier alpha value is -1.66. The van der Waals surface area contributed by atoms with Gasteiger partial charge in [-0.25, -0.2) is 0 Å². The van der Waals surface area contributed by atoms with E-state index < -0.39 is 65.6 Å². The molecule has 0 heterocycles. The minimum absolute atomic E-state index is 0.274. The van der Waals surface area contributed by atoms with Crippen LogP contribution in [0.15, 0.2) is 92.5 Å². The van der Waals surface area contributed by atoms with Crippen LogP contribution in [0.25, 0.3) is 17.7 Å². The van der Waals surface area contributed by atoms with E-state index in [1.54, 1.807) is 5.19 Å². The molecule has 0 saturated heterocycles. The zero-order valence-electron chi connectivity index (χ0n) is 44.6. The Morgan fingerprint density at radius 1 is 0.523 bits per heavy atom. The van der Waals surface area contributed by atoms with Crippen LogP contribution in [0.5, 0.6) is 5.75 Å². The Morgan fingerprint density at radius 2 is 1.02 bits per heavy atom. The molecule has 1 saturated carbocycles. The standard InChI is InChI=1S/C54H94O3Si8/c1-20-47-22-30-51(31-23-47)55-52-32-26-49(27-33-52)46(3)50-28-36-53(37-29-50)64(44-60(10,11)12,42-38-58(4,5)6)45-62(16,17)40-41-63(18,19)57-65(56-61(13,14)15,43-39-59(7,8)9)54-34-24-48(21-2)25-35-54/h20-25,28-31,34-37,49,52H,1-3,26-27,32-33,38-45H2,4-19H3. The summed E-state index contributed by atoms with van der Waals surface area (Å²) in [5, 5.41) is 3.05. The lowest BCUT2D eigenvalue weighted by Crippen LogP contribution is -2.63.